The molecule has 0 aliphatic carbocycles. The third-order valence-electron chi connectivity index (χ3n) is 5.31. The molecule has 2 heterocycles. The molecule has 1 aliphatic heterocycles. The number of hydrogen-bond acceptors (Lipinski definition) is 6. The predicted molar refractivity (Wildman–Crippen MR) is 121 cm³/mol. The molecule has 0 radical (unpaired) electrons. The smallest absolute Gasteiger partial charge is 0.202 e. The van der Waals surface area contributed by atoms with Crippen molar-refractivity contribution in [2.45, 2.75) is 18.2 Å². The summed E-state index contributed by atoms with van der Waals surface area (Å²) >= 11 is 0. The van der Waals surface area contributed by atoms with E-state index in [1.165, 1.54) is 17.0 Å². The number of ether oxygens (including phenoxy) is 1. The first kappa shape index (κ1) is 21.3. The average molecular weight is 442 g/mol. The number of benzene rings is 2. The second-order valence-electron chi connectivity index (χ2n) is 7.63. The Kier molecular flexibility index (Phi) is 6.24. The monoisotopic (exact) mass is 441 g/mol. The lowest BCUT2D eigenvalue weighted by Crippen LogP contribution is -3.09. The van der Waals surface area contributed by atoms with Gasteiger partial charge in [-0.1, -0.05) is 18.2 Å². The Morgan fingerprint density at radius 2 is 1.74 bits per heavy atom. The molecule has 1 aromatic heterocycles. The van der Waals surface area contributed by atoms with Crippen LogP contribution < -0.4 is 14.5 Å². The van der Waals surface area contributed by atoms with Gasteiger partial charge >= 0.3 is 0 Å². The van der Waals surface area contributed by atoms with E-state index in [9.17, 15) is 8.42 Å². The van der Waals surface area contributed by atoms with Gasteiger partial charge in [0.1, 0.15) is 11.6 Å². The molecular formula is C22H27N5O3S. The molecular weight excluding hydrogens is 414 g/mol. The molecule has 1 unspecified atom stereocenters. The largest absolute Gasteiger partial charge is 0.494 e. The molecule has 4 rings (SSSR count). The molecule has 0 spiro atoms. The first-order valence-electron chi connectivity index (χ1n) is 10.5. The first-order valence-corrected chi connectivity index (χ1v) is 11.9. The highest BCUT2D eigenvalue weighted by atomic mass is 32.2. The van der Waals surface area contributed by atoms with E-state index in [2.05, 4.69) is 21.7 Å². The summed E-state index contributed by atoms with van der Waals surface area (Å²) in [5.41, 5.74) is 1.34. The summed E-state index contributed by atoms with van der Waals surface area (Å²) in [5, 5.41) is 0. The van der Waals surface area contributed by atoms with E-state index < -0.39 is 10.0 Å². The molecule has 9 heteroatoms. The van der Waals surface area contributed by atoms with Gasteiger partial charge in [0.25, 0.3) is 0 Å². The van der Waals surface area contributed by atoms with Crippen molar-refractivity contribution < 1.29 is 18.1 Å². The number of rotatable bonds is 6. The van der Waals surface area contributed by atoms with Crippen LogP contribution in [0.4, 0.5) is 11.6 Å². The molecule has 1 atom stereocenters. The van der Waals surface area contributed by atoms with Crippen LogP contribution in [0.25, 0.3) is 15.8 Å². The third kappa shape index (κ3) is 4.88. The standard InChI is InChI=1S/C22H26N5O3S/c1-3-30-17-9-11-18(12-10-17)31(28,29)25-21-22(27-14-6-13-26(2)15-16-27)24-20-8-5-4-7-19(20)23-21/h4-5,7-12H,3,6,13-16H2,1-2H3/q-1/p+1. The van der Waals surface area contributed by atoms with Gasteiger partial charge in [-0.2, -0.15) is 0 Å². The fourth-order valence-corrected chi connectivity index (χ4v) is 4.58. The average Bonchev–Trinajstić information content (AvgIpc) is 2.98. The van der Waals surface area contributed by atoms with E-state index in [4.69, 9.17) is 9.72 Å². The van der Waals surface area contributed by atoms with Crippen LogP contribution in [0.15, 0.2) is 53.4 Å². The number of fused-ring (bicyclic) bond motifs is 1. The maximum absolute atomic E-state index is 13.1. The lowest BCUT2D eigenvalue weighted by atomic mass is 10.3. The van der Waals surface area contributed by atoms with E-state index in [-0.39, 0.29) is 10.7 Å². The Morgan fingerprint density at radius 3 is 2.45 bits per heavy atom. The van der Waals surface area contributed by atoms with Gasteiger partial charge in [0.2, 0.25) is 10.0 Å². The molecule has 0 amide bonds. The zero-order chi connectivity index (χ0) is 21.8. The van der Waals surface area contributed by atoms with Gasteiger partial charge in [-0.25, -0.2) is 13.4 Å². The van der Waals surface area contributed by atoms with Crippen LogP contribution in [0.2, 0.25) is 0 Å². The van der Waals surface area contributed by atoms with E-state index >= 15 is 0 Å². The van der Waals surface area contributed by atoms with Gasteiger partial charge in [-0.05, 0) is 48.6 Å². The highest BCUT2D eigenvalue weighted by Gasteiger charge is 2.19. The zero-order valence-corrected chi connectivity index (χ0v) is 18.6. The second kappa shape index (κ2) is 9.07. The topological polar surface area (TPSA) is 90.9 Å². The molecule has 2 aromatic carbocycles. The third-order valence-corrected chi connectivity index (χ3v) is 6.59. The Bertz CT molecular complexity index is 1150. The quantitative estimate of drug-likeness (QED) is 0.630. The number of anilines is 1. The molecule has 1 saturated heterocycles. The van der Waals surface area contributed by atoms with Gasteiger partial charge in [-0.3, -0.25) is 0 Å². The minimum atomic E-state index is -3.96. The minimum absolute atomic E-state index is 0.0944. The number of quaternary nitrogens is 1. The minimum Gasteiger partial charge on any atom is -0.494 e. The van der Waals surface area contributed by atoms with Crippen LogP contribution in [-0.4, -0.2) is 58.2 Å². The number of hydrogen-bond donors (Lipinski definition) is 1. The van der Waals surface area contributed by atoms with Crippen molar-refractivity contribution in [1.29, 1.82) is 0 Å². The van der Waals surface area contributed by atoms with Crippen molar-refractivity contribution in [3.63, 3.8) is 0 Å². The van der Waals surface area contributed by atoms with E-state index in [0.717, 1.165) is 38.1 Å². The van der Waals surface area contributed by atoms with Crippen LogP contribution in [0.3, 0.4) is 0 Å². The van der Waals surface area contributed by atoms with Crippen LogP contribution in [0, 0.1) is 0 Å². The van der Waals surface area contributed by atoms with Crippen molar-refractivity contribution in [2.75, 3.05) is 44.7 Å². The number of aromatic nitrogens is 2. The SMILES string of the molecule is CCOc1ccc(S(=O)(=O)[N-]c2nc3ccccc3nc2N2CCC[NH+](C)CC2)cc1. The summed E-state index contributed by atoms with van der Waals surface area (Å²) in [6.45, 7) is 5.95. The highest BCUT2D eigenvalue weighted by molar-refractivity contribution is 7.94. The van der Waals surface area contributed by atoms with Crippen molar-refractivity contribution in [3.05, 3.63) is 53.3 Å². The van der Waals surface area contributed by atoms with Gasteiger partial charge in [0, 0.05) is 13.0 Å². The molecule has 164 valence electrons. The molecule has 31 heavy (non-hydrogen) atoms. The molecule has 1 N–H and O–H groups in total. The lowest BCUT2D eigenvalue weighted by molar-refractivity contribution is -0.876. The van der Waals surface area contributed by atoms with Gasteiger partial charge in [0.15, 0.2) is 0 Å². The summed E-state index contributed by atoms with van der Waals surface area (Å²) in [6, 6.07) is 13.7. The van der Waals surface area contributed by atoms with E-state index in [1.54, 1.807) is 12.1 Å². The van der Waals surface area contributed by atoms with Gasteiger partial charge < -0.3 is 24.2 Å². The first-order chi connectivity index (χ1) is 15.0. The summed E-state index contributed by atoms with van der Waals surface area (Å²) in [4.78, 5) is 13.0. The van der Waals surface area contributed by atoms with Crippen LogP contribution >= 0.6 is 0 Å². The summed E-state index contributed by atoms with van der Waals surface area (Å²) in [7, 11) is -1.80. The van der Waals surface area contributed by atoms with Crippen molar-refractivity contribution in [3.8, 4) is 5.75 Å². The predicted octanol–water partition coefficient (Wildman–Crippen LogP) is 2.15. The van der Waals surface area contributed by atoms with Crippen LogP contribution in [-0.2, 0) is 10.0 Å². The van der Waals surface area contributed by atoms with Crippen molar-refractivity contribution >= 4 is 32.7 Å². The number of para-hydroxylation sites is 2. The molecule has 8 nitrogen and oxygen atoms in total. The zero-order valence-electron chi connectivity index (χ0n) is 17.8. The number of nitrogens with one attached hydrogen (secondary N) is 1. The molecule has 3 aromatic rings. The number of sulfonamides is 1. The number of nitrogens with zero attached hydrogens (tertiary/aromatic N) is 4. The molecule has 0 saturated carbocycles. The lowest BCUT2D eigenvalue weighted by Gasteiger charge is -2.28. The fourth-order valence-electron chi connectivity index (χ4n) is 3.64. The Labute approximate surface area is 182 Å². The fraction of sp³-hybridized carbons (Fsp3) is 0.364. The highest BCUT2D eigenvalue weighted by Crippen LogP contribution is 2.35. The van der Waals surface area contributed by atoms with Gasteiger partial charge in [-0.15, -0.1) is 0 Å². The normalized spacial score (nSPS) is 17.4. The Hall–Kier alpha value is -2.91. The molecule has 1 aliphatic rings. The maximum Gasteiger partial charge on any atom is 0.202 e. The Balaban J connectivity index is 1.71. The van der Waals surface area contributed by atoms with Crippen LogP contribution in [0.1, 0.15) is 13.3 Å². The van der Waals surface area contributed by atoms with Crippen LogP contribution in [0.5, 0.6) is 5.75 Å². The van der Waals surface area contributed by atoms with Crippen molar-refractivity contribution in [2.24, 2.45) is 0 Å². The summed E-state index contributed by atoms with van der Waals surface area (Å²) in [5.74, 6) is 1.26. The second-order valence-corrected chi connectivity index (χ2v) is 9.23. The summed E-state index contributed by atoms with van der Waals surface area (Å²) in [6.07, 6.45) is 0.991. The maximum atomic E-state index is 13.1. The Morgan fingerprint density at radius 1 is 1.03 bits per heavy atom. The molecule has 1 fully saturated rings. The van der Waals surface area contributed by atoms with E-state index in [1.807, 2.05) is 31.2 Å². The summed E-state index contributed by atoms with van der Waals surface area (Å²) < 4.78 is 35.7. The number of likely N-dealkylation sites (N-methyl/N-ethyl adjacent to an activating group) is 1. The van der Waals surface area contributed by atoms with Gasteiger partial charge in [0.05, 0.1) is 43.7 Å². The van der Waals surface area contributed by atoms with Crippen molar-refractivity contribution in [1.82, 2.24) is 9.97 Å². The molecule has 0 bridgehead atoms. The van der Waals surface area contributed by atoms with E-state index in [0.29, 0.717) is 23.7 Å².